The first-order valence-corrected chi connectivity index (χ1v) is 9.07. The maximum absolute atomic E-state index is 12.1. The van der Waals surface area contributed by atoms with Gasteiger partial charge in [-0.1, -0.05) is 0 Å². The normalized spacial score (nSPS) is 10.4. The summed E-state index contributed by atoms with van der Waals surface area (Å²) in [6.45, 7) is 1.64. The van der Waals surface area contributed by atoms with E-state index in [-0.39, 0.29) is 18.5 Å². The zero-order valence-electron chi connectivity index (χ0n) is 16.1. The average Bonchev–Trinajstić information content (AvgIpc) is 3.29. The second kappa shape index (κ2) is 8.78. The standard InChI is InChI=1S/C20H18N8O2/c1-14-7-9-21-20(25-14)30-12-19(29)27-16-5-3-15(4-6-16)26-17-11-18(23-13-22-17)28-10-2-8-24-28/h2-11,13H,12H2,1H3,(H,27,29)(H,22,23,26). The summed E-state index contributed by atoms with van der Waals surface area (Å²) in [6.07, 6.45) is 6.53. The van der Waals surface area contributed by atoms with Gasteiger partial charge in [0.2, 0.25) is 0 Å². The highest BCUT2D eigenvalue weighted by Gasteiger charge is 2.06. The smallest absolute Gasteiger partial charge is 0.317 e. The van der Waals surface area contributed by atoms with Crippen molar-refractivity contribution in [3.63, 3.8) is 0 Å². The molecule has 1 amide bonds. The molecule has 4 rings (SSSR count). The Morgan fingerprint density at radius 2 is 1.90 bits per heavy atom. The van der Waals surface area contributed by atoms with Gasteiger partial charge in [-0.25, -0.2) is 24.6 Å². The second-order valence-electron chi connectivity index (χ2n) is 6.23. The number of carbonyl (C=O) groups excluding carboxylic acids is 1. The van der Waals surface area contributed by atoms with Crippen LogP contribution in [0.3, 0.4) is 0 Å². The van der Waals surface area contributed by atoms with Crippen LogP contribution < -0.4 is 15.4 Å². The van der Waals surface area contributed by atoms with Gasteiger partial charge in [-0.2, -0.15) is 5.10 Å². The summed E-state index contributed by atoms with van der Waals surface area (Å²) in [7, 11) is 0. The Morgan fingerprint density at radius 1 is 1.07 bits per heavy atom. The minimum atomic E-state index is -0.305. The Morgan fingerprint density at radius 3 is 2.67 bits per heavy atom. The number of hydrogen-bond donors (Lipinski definition) is 2. The van der Waals surface area contributed by atoms with Crippen LogP contribution in [0.25, 0.3) is 5.82 Å². The fourth-order valence-corrected chi connectivity index (χ4v) is 2.55. The van der Waals surface area contributed by atoms with Crippen molar-refractivity contribution in [1.29, 1.82) is 0 Å². The highest BCUT2D eigenvalue weighted by molar-refractivity contribution is 5.92. The molecule has 1 aromatic carbocycles. The van der Waals surface area contributed by atoms with Crippen molar-refractivity contribution in [3.05, 3.63) is 73.1 Å². The van der Waals surface area contributed by atoms with Crippen molar-refractivity contribution in [1.82, 2.24) is 29.7 Å². The zero-order chi connectivity index (χ0) is 20.8. The number of carbonyl (C=O) groups is 1. The fraction of sp³-hybridized carbons (Fsp3) is 0.100. The molecule has 0 atom stereocenters. The predicted octanol–water partition coefficient (Wildman–Crippen LogP) is 2.52. The summed E-state index contributed by atoms with van der Waals surface area (Å²) in [4.78, 5) is 28.5. The molecule has 0 fully saturated rings. The molecule has 2 N–H and O–H groups in total. The molecule has 0 saturated heterocycles. The van der Waals surface area contributed by atoms with Gasteiger partial charge in [-0.15, -0.1) is 0 Å². The summed E-state index contributed by atoms with van der Waals surface area (Å²) in [5.41, 5.74) is 2.21. The predicted molar refractivity (Wildman–Crippen MR) is 110 cm³/mol. The van der Waals surface area contributed by atoms with Gasteiger partial charge in [0.25, 0.3) is 5.91 Å². The van der Waals surface area contributed by atoms with E-state index >= 15 is 0 Å². The molecule has 0 bridgehead atoms. The highest BCUT2D eigenvalue weighted by atomic mass is 16.5. The number of rotatable bonds is 7. The molecule has 0 aliphatic rings. The molecule has 10 nitrogen and oxygen atoms in total. The molecular formula is C20H18N8O2. The Kier molecular flexibility index (Phi) is 5.56. The topological polar surface area (TPSA) is 120 Å². The summed E-state index contributed by atoms with van der Waals surface area (Å²) in [5.74, 6) is 0.971. The second-order valence-corrected chi connectivity index (χ2v) is 6.23. The van der Waals surface area contributed by atoms with Crippen molar-refractivity contribution in [2.75, 3.05) is 17.2 Å². The van der Waals surface area contributed by atoms with E-state index < -0.39 is 0 Å². The Bertz CT molecular complexity index is 1130. The van der Waals surface area contributed by atoms with Gasteiger partial charge >= 0.3 is 6.01 Å². The van der Waals surface area contributed by atoms with Gasteiger partial charge in [0.15, 0.2) is 12.4 Å². The Labute approximate surface area is 172 Å². The molecule has 0 aliphatic heterocycles. The largest absolute Gasteiger partial charge is 0.453 e. The lowest BCUT2D eigenvalue weighted by Gasteiger charge is -2.09. The third kappa shape index (κ3) is 4.93. The number of nitrogens with one attached hydrogen (secondary N) is 2. The number of hydrogen-bond acceptors (Lipinski definition) is 8. The molecule has 30 heavy (non-hydrogen) atoms. The summed E-state index contributed by atoms with van der Waals surface area (Å²) in [5, 5.41) is 10.1. The van der Waals surface area contributed by atoms with E-state index in [9.17, 15) is 4.79 Å². The Balaban J connectivity index is 1.33. The van der Waals surface area contributed by atoms with Gasteiger partial charge < -0.3 is 15.4 Å². The number of aromatic nitrogens is 6. The van der Waals surface area contributed by atoms with Crippen LogP contribution in [0.15, 0.2) is 67.4 Å². The van der Waals surface area contributed by atoms with Gasteiger partial charge in [0, 0.05) is 41.7 Å². The molecule has 0 spiro atoms. The van der Waals surface area contributed by atoms with Crippen molar-refractivity contribution < 1.29 is 9.53 Å². The van der Waals surface area contributed by atoms with E-state index in [0.29, 0.717) is 17.3 Å². The van der Waals surface area contributed by atoms with Gasteiger partial charge in [0.05, 0.1) is 0 Å². The van der Waals surface area contributed by atoms with Crippen LogP contribution in [0.2, 0.25) is 0 Å². The zero-order valence-corrected chi connectivity index (χ0v) is 16.1. The molecular weight excluding hydrogens is 384 g/mol. The van der Waals surface area contributed by atoms with Gasteiger partial charge in [-0.05, 0) is 43.3 Å². The summed E-state index contributed by atoms with van der Waals surface area (Å²) in [6, 6.07) is 12.7. The monoisotopic (exact) mass is 402 g/mol. The first-order chi connectivity index (χ1) is 14.7. The lowest BCUT2D eigenvalue weighted by Crippen LogP contribution is -2.20. The van der Waals surface area contributed by atoms with Crippen molar-refractivity contribution in [2.45, 2.75) is 6.92 Å². The van der Waals surface area contributed by atoms with Crippen molar-refractivity contribution in [3.8, 4) is 11.8 Å². The minimum absolute atomic E-state index is 0.170. The van der Waals surface area contributed by atoms with Crippen molar-refractivity contribution in [2.24, 2.45) is 0 Å². The first-order valence-electron chi connectivity index (χ1n) is 9.07. The van der Waals surface area contributed by atoms with Crippen LogP contribution in [0.1, 0.15) is 5.69 Å². The van der Waals surface area contributed by atoms with Crippen LogP contribution in [0.5, 0.6) is 6.01 Å². The van der Waals surface area contributed by atoms with E-state index in [1.54, 1.807) is 47.5 Å². The van der Waals surface area contributed by atoms with Crippen LogP contribution in [0.4, 0.5) is 17.2 Å². The van der Waals surface area contributed by atoms with Gasteiger partial charge in [0.1, 0.15) is 12.1 Å². The van der Waals surface area contributed by atoms with E-state index in [1.807, 2.05) is 25.1 Å². The molecule has 0 radical (unpaired) electrons. The SMILES string of the molecule is Cc1ccnc(OCC(=O)Nc2ccc(Nc3cc(-n4cccn4)ncn3)cc2)n1. The molecule has 0 saturated carbocycles. The van der Waals surface area contributed by atoms with E-state index in [1.165, 1.54) is 6.33 Å². The molecule has 3 heterocycles. The lowest BCUT2D eigenvalue weighted by atomic mass is 10.2. The lowest BCUT2D eigenvalue weighted by molar-refractivity contribution is -0.118. The number of aryl methyl sites for hydroxylation is 1. The number of amides is 1. The van der Waals surface area contributed by atoms with E-state index in [4.69, 9.17) is 4.74 Å². The van der Waals surface area contributed by atoms with Crippen LogP contribution in [-0.2, 0) is 4.79 Å². The van der Waals surface area contributed by atoms with Gasteiger partial charge in [-0.3, -0.25) is 4.79 Å². The third-order valence-corrected chi connectivity index (χ3v) is 3.94. The molecule has 150 valence electrons. The number of nitrogens with zero attached hydrogens (tertiary/aromatic N) is 6. The summed E-state index contributed by atoms with van der Waals surface area (Å²) >= 11 is 0. The molecule has 4 aromatic rings. The maximum Gasteiger partial charge on any atom is 0.317 e. The molecule has 3 aromatic heterocycles. The average molecular weight is 402 g/mol. The van der Waals surface area contributed by atoms with Crippen LogP contribution in [0, 0.1) is 6.92 Å². The minimum Gasteiger partial charge on any atom is -0.453 e. The first kappa shape index (κ1) is 19.0. The number of benzene rings is 1. The maximum atomic E-state index is 12.1. The molecule has 0 aliphatic carbocycles. The van der Waals surface area contributed by atoms with E-state index in [2.05, 4.69) is 35.7 Å². The number of anilines is 3. The Hall–Kier alpha value is -4.34. The number of ether oxygens (including phenoxy) is 1. The van der Waals surface area contributed by atoms with Crippen LogP contribution >= 0.6 is 0 Å². The van der Waals surface area contributed by atoms with E-state index in [0.717, 1.165) is 11.4 Å². The van der Waals surface area contributed by atoms with Crippen LogP contribution in [-0.4, -0.2) is 42.2 Å². The third-order valence-electron chi connectivity index (χ3n) is 3.94. The fourth-order valence-electron chi connectivity index (χ4n) is 2.55. The highest BCUT2D eigenvalue weighted by Crippen LogP contribution is 2.18. The molecule has 10 heteroatoms. The quantitative estimate of drug-likeness (QED) is 0.484. The van der Waals surface area contributed by atoms with Crippen molar-refractivity contribution >= 4 is 23.1 Å². The molecule has 0 unspecified atom stereocenters. The summed E-state index contributed by atoms with van der Waals surface area (Å²) < 4.78 is 6.95.